The van der Waals surface area contributed by atoms with Gasteiger partial charge in [-0.2, -0.15) is 0 Å². The summed E-state index contributed by atoms with van der Waals surface area (Å²) in [6, 6.07) is 0. The molecule has 20 heavy (non-hydrogen) atoms. The zero-order valence-electron chi connectivity index (χ0n) is 14.3. The van der Waals surface area contributed by atoms with Crippen LogP contribution in [0.5, 0.6) is 0 Å². The van der Waals surface area contributed by atoms with Gasteiger partial charge in [0.15, 0.2) is 0 Å². The molecule has 0 radical (unpaired) electrons. The van der Waals surface area contributed by atoms with Crippen LogP contribution in [-0.4, -0.2) is 17.3 Å². The zero-order valence-corrected chi connectivity index (χ0v) is 14.3. The second-order valence-electron chi connectivity index (χ2n) is 7.98. The zero-order chi connectivity index (χ0) is 15.2. The van der Waals surface area contributed by atoms with Crippen LogP contribution in [0.1, 0.15) is 85.5 Å². The van der Waals surface area contributed by atoms with Crippen molar-refractivity contribution in [1.82, 2.24) is 0 Å². The normalized spacial score (nSPS) is 21.0. The summed E-state index contributed by atoms with van der Waals surface area (Å²) in [6.45, 7) is 9.52. The lowest BCUT2D eigenvalue weighted by Crippen LogP contribution is -2.54. The Hall–Kier alpha value is -0.0800. The van der Waals surface area contributed by atoms with Gasteiger partial charge in [0, 0.05) is 12.0 Å². The van der Waals surface area contributed by atoms with Crippen molar-refractivity contribution in [1.29, 1.82) is 0 Å². The molecule has 0 amide bonds. The van der Waals surface area contributed by atoms with Crippen molar-refractivity contribution < 1.29 is 5.11 Å². The van der Waals surface area contributed by atoms with Crippen LogP contribution in [-0.2, 0) is 0 Å². The summed E-state index contributed by atoms with van der Waals surface area (Å²) >= 11 is 0. The maximum atomic E-state index is 11.6. The van der Waals surface area contributed by atoms with Gasteiger partial charge in [-0.15, -0.1) is 0 Å². The van der Waals surface area contributed by atoms with Crippen molar-refractivity contribution in [2.24, 2.45) is 23.0 Å². The van der Waals surface area contributed by atoms with Crippen LogP contribution in [0, 0.1) is 17.3 Å². The van der Waals surface area contributed by atoms with Crippen molar-refractivity contribution in [2.75, 3.05) is 6.54 Å². The molecule has 0 bridgehead atoms. The second kappa shape index (κ2) is 7.79. The van der Waals surface area contributed by atoms with Gasteiger partial charge in [-0.05, 0) is 37.5 Å². The van der Waals surface area contributed by atoms with Crippen LogP contribution < -0.4 is 5.73 Å². The smallest absolute Gasteiger partial charge is 0.0720 e. The van der Waals surface area contributed by atoms with E-state index >= 15 is 0 Å². The van der Waals surface area contributed by atoms with E-state index in [1.54, 1.807) is 0 Å². The van der Waals surface area contributed by atoms with E-state index in [4.69, 9.17) is 5.73 Å². The minimum Gasteiger partial charge on any atom is -0.389 e. The molecule has 1 aliphatic carbocycles. The Balaban J connectivity index is 3.02. The summed E-state index contributed by atoms with van der Waals surface area (Å²) < 4.78 is 0. The largest absolute Gasteiger partial charge is 0.389 e. The monoisotopic (exact) mass is 283 g/mol. The third kappa shape index (κ3) is 4.46. The van der Waals surface area contributed by atoms with Crippen molar-refractivity contribution in [3.05, 3.63) is 0 Å². The number of hydrogen-bond acceptors (Lipinski definition) is 2. The van der Waals surface area contributed by atoms with E-state index < -0.39 is 5.60 Å². The van der Waals surface area contributed by atoms with Crippen molar-refractivity contribution in [3.8, 4) is 0 Å². The SMILES string of the molecule is CC(C)CC(O)(CC(C)C)C1(CN)CCCCCCC1. The molecule has 3 N–H and O–H groups in total. The Kier molecular flexibility index (Phi) is 7.00. The highest BCUT2D eigenvalue weighted by molar-refractivity contribution is 5.01. The fourth-order valence-corrected chi connectivity index (χ4v) is 4.31. The van der Waals surface area contributed by atoms with E-state index in [1.807, 2.05) is 0 Å². The van der Waals surface area contributed by atoms with Gasteiger partial charge in [-0.1, -0.05) is 59.8 Å². The fraction of sp³-hybridized carbons (Fsp3) is 1.00. The number of rotatable bonds is 6. The maximum absolute atomic E-state index is 11.6. The molecule has 1 rings (SSSR count). The highest BCUT2D eigenvalue weighted by Gasteiger charge is 2.48. The van der Waals surface area contributed by atoms with E-state index in [0.29, 0.717) is 18.4 Å². The molecule has 0 spiro atoms. The molecule has 0 aromatic rings. The highest BCUT2D eigenvalue weighted by atomic mass is 16.3. The van der Waals surface area contributed by atoms with Gasteiger partial charge in [0.2, 0.25) is 0 Å². The summed E-state index contributed by atoms with van der Waals surface area (Å²) in [5.74, 6) is 1.04. The minimum absolute atomic E-state index is 0.0536. The predicted molar refractivity (Wildman–Crippen MR) is 87.7 cm³/mol. The van der Waals surface area contributed by atoms with Crippen LogP contribution in [0.15, 0.2) is 0 Å². The molecule has 0 saturated heterocycles. The van der Waals surface area contributed by atoms with Gasteiger partial charge in [0.05, 0.1) is 5.60 Å². The highest BCUT2D eigenvalue weighted by Crippen LogP contribution is 2.48. The summed E-state index contributed by atoms with van der Waals surface area (Å²) in [5.41, 5.74) is 5.60. The second-order valence-corrected chi connectivity index (χ2v) is 7.98. The van der Waals surface area contributed by atoms with E-state index in [0.717, 1.165) is 25.7 Å². The molecule has 1 fully saturated rings. The van der Waals surface area contributed by atoms with Crippen molar-refractivity contribution >= 4 is 0 Å². The number of nitrogens with two attached hydrogens (primary N) is 1. The molecule has 0 aromatic heterocycles. The predicted octanol–water partition coefficient (Wildman–Crippen LogP) is 4.50. The Labute approximate surface area is 126 Å². The minimum atomic E-state index is -0.582. The maximum Gasteiger partial charge on any atom is 0.0720 e. The van der Waals surface area contributed by atoms with E-state index in [-0.39, 0.29) is 5.41 Å². The third-order valence-electron chi connectivity index (χ3n) is 5.18. The van der Waals surface area contributed by atoms with Gasteiger partial charge in [-0.25, -0.2) is 0 Å². The fourth-order valence-electron chi connectivity index (χ4n) is 4.31. The molecular weight excluding hydrogens is 246 g/mol. The van der Waals surface area contributed by atoms with Crippen LogP contribution in [0.2, 0.25) is 0 Å². The summed E-state index contributed by atoms with van der Waals surface area (Å²) in [7, 11) is 0. The Morgan fingerprint density at radius 3 is 1.65 bits per heavy atom. The Bertz CT molecular complexity index is 255. The average molecular weight is 283 g/mol. The van der Waals surface area contributed by atoms with Gasteiger partial charge < -0.3 is 10.8 Å². The van der Waals surface area contributed by atoms with E-state index in [1.165, 1.54) is 32.1 Å². The van der Waals surface area contributed by atoms with Gasteiger partial charge in [0.25, 0.3) is 0 Å². The molecule has 0 heterocycles. The van der Waals surface area contributed by atoms with Gasteiger partial charge in [-0.3, -0.25) is 0 Å². The topological polar surface area (TPSA) is 46.2 Å². The van der Waals surface area contributed by atoms with Crippen LogP contribution in [0.3, 0.4) is 0 Å². The lowest BCUT2D eigenvalue weighted by Gasteiger charge is -2.50. The number of aliphatic hydroxyl groups is 1. The molecule has 0 aromatic carbocycles. The Morgan fingerprint density at radius 1 is 0.900 bits per heavy atom. The first-order valence-corrected chi connectivity index (χ1v) is 8.78. The molecule has 1 aliphatic rings. The molecule has 1 saturated carbocycles. The molecule has 2 nitrogen and oxygen atoms in total. The first-order chi connectivity index (χ1) is 9.35. The lowest BCUT2D eigenvalue weighted by molar-refractivity contribution is -0.119. The first kappa shape index (κ1) is 18.0. The third-order valence-corrected chi connectivity index (χ3v) is 5.18. The molecule has 0 aliphatic heterocycles. The van der Waals surface area contributed by atoms with Gasteiger partial charge >= 0.3 is 0 Å². The molecule has 0 atom stereocenters. The van der Waals surface area contributed by atoms with Crippen molar-refractivity contribution in [2.45, 2.75) is 91.1 Å². The van der Waals surface area contributed by atoms with Crippen LogP contribution in [0.4, 0.5) is 0 Å². The standard InChI is InChI=1S/C18H37NO/c1-15(2)12-18(20,13-16(3)4)17(14-19)10-8-6-5-7-9-11-17/h15-16,20H,5-14,19H2,1-4H3. The van der Waals surface area contributed by atoms with Crippen molar-refractivity contribution in [3.63, 3.8) is 0 Å². The summed E-state index contributed by atoms with van der Waals surface area (Å²) in [5, 5.41) is 11.6. The summed E-state index contributed by atoms with van der Waals surface area (Å²) in [6.07, 6.45) is 10.4. The van der Waals surface area contributed by atoms with Crippen LogP contribution in [0.25, 0.3) is 0 Å². The van der Waals surface area contributed by atoms with E-state index in [9.17, 15) is 5.11 Å². The lowest BCUT2D eigenvalue weighted by atomic mass is 9.60. The Morgan fingerprint density at radius 2 is 1.30 bits per heavy atom. The van der Waals surface area contributed by atoms with Gasteiger partial charge in [0.1, 0.15) is 0 Å². The average Bonchev–Trinajstić information content (AvgIpc) is 2.26. The van der Waals surface area contributed by atoms with E-state index in [2.05, 4.69) is 27.7 Å². The quantitative estimate of drug-likeness (QED) is 0.754. The molecule has 0 unspecified atom stereocenters. The number of hydrogen-bond donors (Lipinski definition) is 2. The van der Waals surface area contributed by atoms with Crippen LogP contribution >= 0.6 is 0 Å². The molecular formula is C18H37NO. The molecule has 120 valence electrons. The first-order valence-electron chi connectivity index (χ1n) is 8.78. The summed E-state index contributed by atoms with van der Waals surface area (Å²) in [4.78, 5) is 0. The molecule has 2 heteroatoms.